The smallest absolute Gasteiger partial charge is 0.163 e. The number of aryl methyl sites for hydroxylation is 2. The average Bonchev–Trinajstić information content (AvgIpc) is 2.65. The van der Waals surface area contributed by atoms with E-state index in [1.54, 1.807) is 14.0 Å². The van der Waals surface area contributed by atoms with Crippen LogP contribution in [0, 0.1) is 18.6 Å². The summed E-state index contributed by atoms with van der Waals surface area (Å²) in [4.78, 5) is 0. The SMILES string of the molecule is Cc1nn(C)c(Cl)c1CC(NN)c1cccc(F)c1F. The summed E-state index contributed by atoms with van der Waals surface area (Å²) in [5.41, 5.74) is 4.14. The van der Waals surface area contributed by atoms with Crippen LogP contribution in [0.25, 0.3) is 0 Å². The molecule has 1 aromatic heterocycles. The van der Waals surface area contributed by atoms with Gasteiger partial charge in [0, 0.05) is 18.2 Å². The van der Waals surface area contributed by atoms with Crippen LogP contribution in [0.15, 0.2) is 18.2 Å². The van der Waals surface area contributed by atoms with Crippen LogP contribution >= 0.6 is 11.6 Å². The fourth-order valence-corrected chi connectivity index (χ4v) is 2.41. The number of rotatable bonds is 4. The van der Waals surface area contributed by atoms with E-state index in [4.69, 9.17) is 17.4 Å². The van der Waals surface area contributed by atoms with E-state index in [-0.39, 0.29) is 5.56 Å². The van der Waals surface area contributed by atoms with E-state index in [1.807, 2.05) is 0 Å². The first kappa shape index (κ1) is 14.9. The zero-order chi connectivity index (χ0) is 14.9. The predicted molar refractivity (Wildman–Crippen MR) is 73.1 cm³/mol. The molecule has 1 heterocycles. The highest BCUT2D eigenvalue weighted by atomic mass is 35.5. The van der Waals surface area contributed by atoms with Crippen molar-refractivity contribution in [1.82, 2.24) is 15.2 Å². The Bertz CT molecular complexity index is 627. The maximum atomic E-state index is 13.8. The van der Waals surface area contributed by atoms with E-state index in [1.165, 1.54) is 16.8 Å². The minimum Gasteiger partial charge on any atom is -0.271 e. The van der Waals surface area contributed by atoms with Gasteiger partial charge in [0.1, 0.15) is 5.15 Å². The van der Waals surface area contributed by atoms with Gasteiger partial charge in [0.25, 0.3) is 0 Å². The topological polar surface area (TPSA) is 55.9 Å². The van der Waals surface area contributed by atoms with Crippen molar-refractivity contribution in [3.63, 3.8) is 0 Å². The normalized spacial score (nSPS) is 12.7. The van der Waals surface area contributed by atoms with Crippen molar-refractivity contribution in [2.24, 2.45) is 12.9 Å². The molecule has 7 heteroatoms. The van der Waals surface area contributed by atoms with Gasteiger partial charge in [-0.05, 0) is 19.4 Å². The highest BCUT2D eigenvalue weighted by Gasteiger charge is 2.21. The summed E-state index contributed by atoms with van der Waals surface area (Å²) in [5.74, 6) is 3.65. The fourth-order valence-electron chi connectivity index (χ4n) is 2.16. The number of halogens is 3. The molecule has 3 N–H and O–H groups in total. The van der Waals surface area contributed by atoms with Gasteiger partial charge in [-0.15, -0.1) is 0 Å². The summed E-state index contributed by atoms with van der Waals surface area (Å²) in [6, 6.07) is 3.40. The molecule has 108 valence electrons. The third-order valence-corrected chi connectivity index (χ3v) is 3.71. The molecular formula is C13H15ClF2N4. The number of hydrazine groups is 1. The zero-order valence-electron chi connectivity index (χ0n) is 11.1. The molecule has 0 bridgehead atoms. The first-order chi connectivity index (χ1) is 9.45. The Morgan fingerprint density at radius 2 is 2.15 bits per heavy atom. The summed E-state index contributed by atoms with van der Waals surface area (Å²) >= 11 is 6.14. The van der Waals surface area contributed by atoms with E-state index in [0.29, 0.717) is 11.6 Å². The van der Waals surface area contributed by atoms with Crippen LogP contribution in [0.2, 0.25) is 5.15 Å². The molecule has 1 unspecified atom stereocenters. The van der Waals surface area contributed by atoms with Crippen molar-refractivity contribution in [3.05, 3.63) is 51.8 Å². The van der Waals surface area contributed by atoms with Gasteiger partial charge >= 0.3 is 0 Å². The Kier molecular flexibility index (Phi) is 4.37. The van der Waals surface area contributed by atoms with Crippen LogP contribution in [0.4, 0.5) is 8.78 Å². The summed E-state index contributed by atoms with van der Waals surface area (Å²) in [7, 11) is 1.71. The van der Waals surface area contributed by atoms with Crippen LogP contribution in [0.1, 0.15) is 22.9 Å². The zero-order valence-corrected chi connectivity index (χ0v) is 11.9. The van der Waals surface area contributed by atoms with Crippen molar-refractivity contribution in [2.45, 2.75) is 19.4 Å². The second kappa shape index (κ2) is 5.87. The maximum absolute atomic E-state index is 13.8. The number of hydrogen-bond acceptors (Lipinski definition) is 3. The van der Waals surface area contributed by atoms with Crippen LogP contribution in [0.5, 0.6) is 0 Å². The molecule has 2 aromatic rings. The van der Waals surface area contributed by atoms with Crippen LogP contribution in [-0.2, 0) is 13.5 Å². The Labute approximate surface area is 120 Å². The fraction of sp³-hybridized carbons (Fsp3) is 0.308. The van der Waals surface area contributed by atoms with Gasteiger partial charge < -0.3 is 0 Å². The van der Waals surface area contributed by atoms with Gasteiger partial charge in [0.05, 0.1) is 11.7 Å². The van der Waals surface area contributed by atoms with Crippen LogP contribution in [-0.4, -0.2) is 9.78 Å². The van der Waals surface area contributed by atoms with E-state index >= 15 is 0 Å². The van der Waals surface area contributed by atoms with E-state index < -0.39 is 17.7 Å². The van der Waals surface area contributed by atoms with Crippen molar-refractivity contribution in [1.29, 1.82) is 0 Å². The largest absolute Gasteiger partial charge is 0.271 e. The number of hydrogen-bond donors (Lipinski definition) is 2. The number of nitrogens with zero attached hydrogens (tertiary/aromatic N) is 2. The molecule has 1 aromatic carbocycles. The van der Waals surface area contributed by atoms with Gasteiger partial charge in [0.15, 0.2) is 11.6 Å². The van der Waals surface area contributed by atoms with Gasteiger partial charge in [-0.2, -0.15) is 5.10 Å². The molecule has 0 aliphatic heterocycles. The van der Waals surface area contributed by atoms with Gasteiger partial charge in [0.2, 0.25) is 0 Å². The summed E-state index contributed by atoms with van der Waals surface area (Å²) < 4.78 is 28.6. The number of nitrogens with two attached hydrogens (primary N) is 1. The lowest BCUT2D eigenvalue weighted by Gasteiger charge is -2.17. The molecule has 0 aliphatic rings. The highest BCUT2D eigenvalue weighted by molar-refractivity contribution is 6.30. The first-order valence-electron chi connectivity index (χ1n) is 6.03. The minimum atomic E-state index is -0.909. The number of benzene rings is 1. The summed E-state index contributed by atoms with van der Waals surface area (Å²) in [5, 5.41) is 4.64. The number of aromatic nitrogens is 2. The third-order valence-electron chi connectivity index (χ3n) is 3.24. The van der Waals surface area contributed by atoms with Gasteiger partial charge in [-0.25, -0.2) is 8.78 Å². The average molecular weight is 301 g/mol. The van der Waals surface area contributed by atoms with Crippen molar-refractivity contribution in [2.75, 3.05) is 0 Å². The number of nitrogens with one attached hydrogen (secondary N) is 1. The Morgan fingerprint density at radius 1 is 1.45 bits per heavy atom. The molecular weight excluding hydrogens is 286 g/mol. The Morgan fingerprint density at radius 3 is 2.70 bits per heavy atom. The molecule has 0 spiro atoms. The second-order valence-corrected chi connectivity index (χ2v) is 4.90. The molecule has 20 heavy (non-hydrogen) atoms. The molecule has 2 rings (SSSR count). The molecule has 0 fully saturated rings. The highest BCUT2D eigenvalue weighted by Crippen LogP contribution is 2.27. The first-order valence-corrected chi connectivity index (χ1v) is 6.41. The molecule has 0 saturated carbocycles. The van der Waals surface area contributed by atoms with Gasteiger partial charge in [-0.1, -0.05) is 23.7 Å². The molecule has 4 nitrogen and oxygen atoms in total. The van der Waals surface area contributed by atoms with Gasteiger partial charge in [-0.3, -0.25) is 16.0 Å². The van der Waals surface area contributed by atoms with Crippen LogP contribution in [0.3, 0.4) is 0 Å². The summed E-state index contributed by atoms with van der Waals surface area (Å²) in [6.45, 7) is 1.80. The minimum absolute atomic E-state index is 0.159. The molecule has 0 radical (unpaired) electrons. The Balaban J connectivity index is 2.36. The molecule has 1 atom stereocenters. The van der Waals surface area contributed by atoms with Crippen molar-refractivity contribution < 1.29 is 8.78 Å². The van der Waals surface area contributed by atoms with E-state index in [0.717, 1.165) is 17.3 Å². The monoisotopic (exact) mass is 300 g/mol. The molecule has 0 aliphatic carbocycles. The predicted octanol–water partition coefficient (Wildman–Crippen LogP) is 2.41. The van der Waals surface area contributed by atoms with Crippen LogP contribution < -0.4 is 11.3 Å². The van der Waals surface area contributed by atoms with E-state index in [9.17, 15) is 8.78 Å². The molecule has 0 amide bonds. The Hall–Kier alpha value is -1.50. The third kappa shape index (κ3) is 2.67. The van der Waals surface area contributed by atoms with Crippen molar-refractivity contribution in [3.8, 4) is 0 Å². The lowest BCUT2D eigenvalue weighted by molar-refractivity contribution is 0.464. The lowest BCUT2D eigenvalue weighted by Crippen LogP contribution is -2.30. The molecule has 0 saturated heterocycles. The standard InChI is InChI=1S/C13H15ClF2N4/c1-7-9(13(14)20(2)19-7)6-11(18-17)8-4-3-5-10(15)12(8)16/h3-5,11,18H,6,17H2,1-2H3. The van der Waals surface area contributed by atoms with Crippen molar-refractivity contribution >= 4 is 11.6 Å². The second-order valence-electron chi connectivity index (χ2n) is 4.54. The lowest BCUT2D eigenvalue weighted by atomic mass is 9.99. The maximum Gasteiger partial charge on any atom is 0.163 e. The van der Waals surface area contributed by atoms with E-state index in [2.05, 4.69) is 10.5 Å². The summed E-state index contributed by atoms with van der Waals surface area (Å²) in [6.07, 6.45) is 0.315. The quantitative estimate of drug-likeness (QED) is 0.673.